The zero-order valence-electron chi connectivity index (χ0n) is 16.9. The molecule has 0 unspecified atom stereocenters. The molecular formula is C21H26N4O3S. The lowest BCUT2D eigenvalue weighted by Gasteiger charge is -2.21. The molecule has 2 N–H and O–H groups in total. The van der Waals surface area contributed by atoms with Crippen LogP contribution in [0.3, 0.4) is 0 Å². The van der Waals surface area contributed by atoms with E-state index in [1.807, 2.05) is 44.0 Å². The van der Waals surface area contributed by atoms with Gasteiger partial charge in [0.05, 0.1) is 11.4 Å². The van der Waals surface area contributed by atoms with Gasteiger partial charge in [-0.05, 0) is 55.7 Å². The van der Waals surface area contributed by atoms with Crippen LogP contribution in [-0.4, -0.2) is 40.3 Å². The number of amidine groups is 1. The average Bonchev–Trinajstić information content (AvgIpc) is 3.16. The number of nitrogens with one attached hydrogen (secondary N) is 2. The first-order valence-corrected chi connectivity index (χ1v) is 11.0. The average molecular weight is 415 g/mol. The highest BCUT2D eigenvalue weighted by molar-refractivity contribution is 7.90. The number of anilines is 2. The summed E-state index contributed by atoms with van der Waals surface area (Å²) < 4.78 is 27.6. The summed E-state index contributed by atoms with van der Waals surface area (Å²) in [6.07, 6.45) is 1.47. The molecular weight excluding hydrogens is 388 g/mol. The molecule has 2 aromatic carbocycles. The molecule has 0 aromatic heterocycles. The number of aryl methyl sites for hydroxylation is 2. The fourth-order valence-electron chi connectivity index (χ4n) is 3.21. The maximum absolute atomic E-state index is 12.5. The van der Waals surface area contributed by atoms with Crippen molar-refractivity contribution in [2.45, 2.75) is 31.6 Å². The highest BCUT2D eigenvalue weighted by Gasteiger charge is 2.19. The fraction of sp³-hybridized carbons (Fsp3) is 0.333. The smallest absolute Gasteiger partial charge is 0.262 e. The second-order valence-electron chi connectivity index (χ2n) is 7.26. The lowest BCUT2D eigenvalue weighted by molar-refractivity contribution is -0.114. The molecule has 3 rings (SSSR count). The molecule has 154 valence electrons. The van der Waals surface area contributed by atoms with Crippen LogP contribution in [0.4, 0.5) is 11.4 Å². The van der Waals surface area contributed by atoms with Crippen molar-refractivity contribution in [1.82, 2.24) is 4.72 Å². The molecule has 0 saturated heterocycles. The van der Waals surface area contributed by atoms with Gasteiger partial charge >= 0.3 is 0 Å². The number of hydrogen-bond acceptors (Lipinski definition) is 5. The minimum Gasteiger partial charge on any atom is -0.365 e. The van der Waals surface area contributed by atoms with Gasteiger partial charge < -0.3 is 10.2 Å². The van der Waals surface area contributed by atoms with Gasteiger partial charge in [-0.1, -0.05) is 18.2 Å². The van der Waals surface area contributed by atoms with Crippen molar-refractivity contribution in [1.29, 1.82) is 0 Å². The van der Waals surface area contributed by atoms with Crippen LogP contribution in [0.15, 0.2) is 52.4 Å². The summed E-state index contributed by atoms with van der Waals surface area (Å²) in [5.74, 6) is 0.255. The molecule has 29 heavy (non-hydrogen) atoms. The van der Waals surface area contributed by atoms with E-state index in [1.54, 1.807) is 12.1 Å². The molecule has 7 nitrogen and oxygen atoms in total. The van der Waals surface area contributed by atoms with E-state index in [2.05, 4.69) is 15.0 Å². The summed E-state index contributed by atoms with van der Waals surface area (Å²) in [6.45, 7) is 4.80. The van der Waals surface area contributed by atoms with E-state index in [0.29, 0.717) is 24.5 Å². The van der Waals surface area contributed by atoms with Crippen LogP contribution >= 0.6 is 0 Å². The van der Waals surface area contributed by atoms with E-state index in [0.717, 1.165) is 23.2 Å². The number of benzene rings is 2. The van der Waals surface area contributed by atoms with Crippen molar-refractivity contribution < 1.29 is 13.2 Å². The van der Waals surface area contributed by atoms with Crippen LogP contribution in [0.25, 0.3) is 0 Å². The van der Waals surface area contributed by atoms with E-state index in [9.17, 15) is 13.2 Å². The summed E-state index contributed by atoms with van der Waals surface area (Å²) in [4.78, 5) is 18.6. The Morgan fingerprint density at radius 3 is 2.69 bits per heavy atom. The van der Waals surface area contributed by atoms with Crippen LogP contribution < -0.4 is 14.9 Å². The van der Waals surface area contributed by atoms with Gasteiger partial charge in [0.2, 0.25) is 5.91 Å². The molecule has 0 radical (unpaired) electrons. The summed E-state index contributed by atoms with van der Waals surface area (Å²) in [5, 5.41) is 2.78. The second kappa shape index (κ2) is 8.65. The third-order valence-electron chi connectivity index (χ3n) is 4.71. The molecule has 0 fully saturated rings. The molecule has 0 atom stereocenters. The standard InChI is InChI=1S/C21H26N4O3S/c1-15-9-10-16(2)19(12-15)25(3)14-21(26)23-17-6-4-7-18(13-17)29(27,28)24-20-8-5-11-22-20/h4,6-7,9-10,12-13H,5,8,11,14H2,1-3H3,(H,22,24)(H,23,26). The van der Waals surface area contributed by atoms with Crippen LogP contribution in [0, 0.1) is 13.8 Å². The maximum Gasteiger partial charge on any atom is 0.262 e. The van der Waals surface area contributed by atoms with Gasteiger partial charge in [0.15, 0.2) is 0 Å². The Balaban J connectivity index is 1.68. The van der Waals surface area contributed by atoms with Crippen molar-refractivity contribution >= 4 is 33.1 Å². The molecule has 1 aliphatic rings. The van der Waals surface area contributed by atoms with Crippen molar-refractivity contribution in [2.24, 2.45) is 4.99 Å². The Morgan fingerprint density at radius 2 is 1.97 bits per heavy atom. The van der Waals surface area contributed by atoms with Gasteiger partial charge in [-0.2, -0.15) is 0 Å². The van der Waals surface area contributed by atoms with Gasteiger partial charge in [0.25, 0.3) is 10.0 Å². The van der Waals surface area contributed by atoms with Crippen molar-refractivity contribution in [3.05, 3.63) is 53.6 Å². The first-order valence-electron chi connectivity index (χ1n) is 9.49. The molecule has 0 aliphatic carbocycles. The first-order chi connectivity index (χ1) is 13.7. The normalized spacial score (nSPS) is 13.7. The van der Waals surface area contributed by atoms with Crippen molar-refractivity contribution in [2.75, 3.05) is 30.4 Å². The lowest BCUT2D eigenvalue weighted by atomic mass is 10.1. The number of hydrogen-bond donors (Lipinski definition) is 2. The number of nitrogens with zero attached hydrogens (tertiary/aromatic N) is 2. The Bertz CT molecular complexity index is 1050. The van der Waals surface area contributed by atoms with E-state index >= 15 is 0 Å². The summed E-state index contributed by atoms with van der Waals surface area (Å²) in [7, 11) is -1.87. The largest absolute Gasteiger partial charge is 0.365 e. The van der Waals surface area contributed by atoms with Gasteiger partial charge in [0.1, 0.15) is 5.84 Å². The zero-order valence-corrected chi connectivity index (χ0v) is 17.7. The van der Waals surface area contributed by atoms with Crippen LogP contribution in [0.5, 0.6) is 0 Å². The van der Waals surface area contributed by atoms with Gasteiger partial charge in [0, 0.05) is 31.4 Å². The number of carbonyl (C=O) groups excluding carboxylic acids is 1. The fourth-order valence-corrected chi connectivity index (χ4v) is 4.34. The second-order valence-corrected chi connectivity index (χ2v) is 8.94. The van der Waals surface area contributed by atoms with Crippen LogP contribution in [0.1, 0.15) is 24.0 Å². The van der Waals surface area contributed by atoms with Gasteiger partial charge in [-0.15, -0.1) is 0 Å². The van der Waals surface area contributed by atoms with Crippen molar-refractivity contribution in [3.63, 3.8) is 0 Å². The SMILES string of the molecule is Cc1ccc(C)c(N(C)CC(=O)Nc2cccc(S(=O)(=O)NC3=NCCC3)c2)c1. The number of amides is 1. The molecule has 1 heterocycles. The lowest BCUT2D eigenvalue weighted by Crippen LogP contribution is -2.31. The topological polar surface area (TPSA) is 90.9 Å². The number of likely N-dealkylation sites (N-methyl/N-ethyl adjacent to an activating group) is 1. The Kier molecular flexibility index (Phi) is 6.22. The summed E-state index contributed by atoms with van der Waals surface area (Å²) in [6, 6.07) is 12.3. The summed E-state index contributed by atoms with van der Waals surface area (Å²) >= 11 is 0. The Labute approximate surface area is 171 Å². The van der Waals surface area contributed by atoms with E-state index in [1.165, 1.54) is 12.1 Å². The molecule has 0 bridgehead atoms. The molecule has 0 saturated carbocycles. The highest BCUT2D eigenvalue weighted by Crippen LogP contribution is 2.21. The van der Waals surface area contributed by atoms with Gasteiger partial charge in [-0.25, -0.2) is 8.42 Å². The zero-order chi connectivity index (χ0) is 21.0. The minimum atomic E-state index is -3.72. The number of rotatable bonds is 6. The quantitative estimate of drug-likeness (QED) is 0.760. The van der Waals surface area contributed by atoms with E-state index < -0.39 is 10.0 Å². The Hall–Kier alpha value is -2.87. The third-order valence-corrected chi connectivity index (χ3v) is 6.09. The van der Waals surface area contributed by atoms with Crippen LogP contribution in [0.2, 0.25) is 0 Å². The summed E-state index contributed by atoms with van der Waals surface area (Å²) in [5.41, 5.74) is 3.62. The predicted octanol–water partition coefficient (Wildman–Crippen LogP) is 2.85. The Morgan fingerprint density at radius 1 is 1.17 bits per heavy atom. The predicted molar refractivity (Wildman–Crippen MR) is 116 cm³/mol. The molecule has 2 aromatic rings. The van der Waals surface area contributed by atoms with Gasteiger partial charge in [-0.3, -0.25) is 14.5 Å². The van der Waals surface area contributed by atoms with Crippen LogP contribution in [-0.2, 0) is 14.8 Å². The van der Waals surface area contributed by atoms with Crippen molar-refractivity contribution in [3.8, 4) is 0 Å². The molecule has 1 aliphatic heterocycles. The monoisotopic (exact) mass is 414 g/mol. The molecule has 8 heteroatoms. The maximum atomic E-state index is 12.5. The van der Waals surface area contributed by atoms with E-state index in [4.69, 9.17) is 0 Å². The molecule has 0 spiro atoms. The number of sulfonamides is 1. The first kappa shape index (κ1) is 20.9. The number of aliphatic imine (C=N–C) groups is 1. The third kappa shape index (κ3) is 5.35. The minimum absolute atomic E-state index is 0.0905. The highest BCUT2D eigenvalue weighted by atomic mass is 32.2. The number of carbonyl (C=O) groups is 1. The molecule has 1 amide bonds. The van der Waals surface area contributed by atoms with E-state index in [-0.39, 0.29) is 17.3 Å².